The maximum absolute atomic E-state index is 14.5. The third kappa shape index (κ3) is 4.03. The molecule has 9 heteroatoms. The molecule has 0 amide bonds. The maximum atomic E-state index is 14.5. The highest BCUT2D eigenvalue weighted by Gasteiger charge is 2.58. The minimum Gasteiger partial charge on any atom is -0.298 e. The van der Waals surface area contributed by atoms with Crippen LogP contribution in [0.5, 0.6) is 0 Å². The number of nitrogens with zero attached hydrogens (tertiary/aromatic N) is 3. The van der Waals surface area contributed by atoms with Gasteiger partial charge < -0.3 is 0 Å². The number of fused-ring (bicyclic) bond motifs is 1. The summed E-state index contributed by atoms with van der Waals surface area (Å²) in [5.74, 6) is -0.575. The van der Waals surface area contributed by atoms with Crippen molar-refractivity contribution in [1.82, 2.24) is 14.3 Å². The summed E-state index contributed by atoms with van der Waals surface area (Å²) >= 11 is 0. The highest BCUT2D eigenvalue weighted by Crippen LogP contribution is 2.49. The predicted molar refractivity (Wildman–Crippen MR) is 121 cm³/mol. The number of sulfonamides is 1. The van der Waals surface area contributed by atoms with E-state index in [4.69, 9.17) is 0 Å². The predicted octanol–water partition coefficient (Wildman–Crippen LogP) is 4.08. The molecule has 3 aliphatic rings. The van der Waals surface area contributed by atoms with Gasteiger partial charge in [0.1, 0.15) is 17.5 Å². The van der Waals surface area contributed by atoms with E-state index in [1.54, 1.807) is 31.5 Å². The van der Waals surface area contributed by atoms with E-state index in [-0.39, 0.29) is 35.5 Å². The third-order valence-corrected chi connectivity index (χ3v) is 8.70. The Labute approximate surface area is 196 Å². The van der Waals surface area contributed by atoms with Gasteiger partial charge in [-0.15, -0.1) is 0 Å². The van der Waals surface area contributed by atoms with Crippen LogP contribution >= 0.6 is 0 Å². The Morgan fingerprint density at radius 1 is 1.03 bits per heavy atom. The number of benzene rings is 2. The molecule has 3 heterocycles. The number of aryl methyl sites for hydroxylation is 2. The summed E-state index contributed by atoms with van der Waals surface area (Å²) in [6.45, 7) is 1.78. The molecule has 0 spiro atoms. The number of aromatic nitrogens is 2. The third-order valence-electron chi connectivity index (χ3n) is 6.75. The molecule has 2 saturated heterocycles. The Kier molecular flexibility index (Phi) is 5.77. The van der Waals surface area contributed by atoms with Crippen LogP contribution in [0.25, 0.3) is 11.1 Å². The molecule has 176 valence electrons. The summed E-state index contributed by atoms with van der Waals surface area (Å²) in [5.41, 5.74) is 1.86. The first kappa shape index (κ1) is 22.7. The molecule has 34 heavy (non-hydrogen) atoms. The van der Waals surface area contributed by atoms with Crippen LogP contribution in [-0.2, 0) is 21.2 Å². The summed E-state index contributed by atoms with van der Waals surface area (Å²) < 4.78 is 55.5. The Balaban J connectivity index is 1.34. The van der Waals surface area contributed by atoms with E-state index in [9.17, 15) is 22.0 Å². The zero-order chi connectivity index (χ0) is 24.0. The second-order valence-corrected chi connectivity index (χ2v) is 10.8. The number of carbonyl (C=O) groups excluding carboxylic acids is 1. The van der Waals surface area contributed by atoms with E-state index < -0.39 is 27.7 Å². The van der Waals surface area contributed by atoms with Gasteiger partial charge in [0.15, 0.2) is 5.78 Å². The highest BCUT2D eigenvalue weighted by molar-refractivity contribution is 7.89. The Morgan fingerprint density at radius 3 is 2.38 bits per heavy atom. The van der Waals surface area contributed by atoms with Crippen molar-refractivity contribution in [1.29, 1.82) is 0 Å². The fourth-order valence-corrected chi connectivity index (χ4v) is 6.78. The monoisotopic (exact) mass is 483 g/mol. The Bertz CT molecular complexity index is 1340. The van der Waals surface area contributed by atoms with Crippen LogP contribution in [0, 0.1) is 24.5 Å². The first-order chi connectivity index (χ1) is 16.2. The molecule has 1 atom stereocenters. The first-order valence-electron chi connectivity index (χ1n) is 11.1. The van der Waals surface area contributed by atoms with E-state index >= 15 is 0 Å². The van der Waals surface area contributed by atoms with Crippen LogP contribution < -0.4 is 0 Å². The molecule has 1 aliphatic carbocycles. The molecule has 3 fully saturated rings. The van der Waals surface area contributed by atoms with Crippen LogP contribution in [0.1, 0.15) is 30.7 Å². The van der Waals surface area contributed by atoms with E-state index in [1.165, 1.54) is 22.5 Å². The molecular formula is C25H23F2N3O3S. The SMILES string of the molecule is Cc1ncc(-c2ccc(F)c(CCC(=O)[C@@H]3C4CC(C4)N3S(=O)(=O)c3ccc(F)cc3)c2)cn1. The fourth-order valence-electron chi connectivity index (χ4n) is 4.90. The van der Waals surface area contributed by atoms with Gasteiger partial charge in [0.05, 0.1) is 10.9 Å². The molecule has 3 aromatic rings. The van der Waals surface area contributed by atoms with Crippen molar-refractivity contribution in [2.24, 2.45) is 5.92 Å². The number of Topliss-reactive ketones (excluding diaryl/α,β-unsaturated/α-hetero) is 1. The lowest BCUT2D eigenvalue weighted by Crippen LogP contribution is -2.41. The highest BCUT2D eigenvalue weighted by atomic mass is 32.2. The summed E-state index contributed by atoms with van der Waals surface area (Å²) in [6, 6.07) is 8.31. The van der Waals surface area contributed by atoms with E-state index in [0.29, 0.717) is 24.2 Å². The van der Waals surface area contributed by atoms with Crippen molar-refractivity contribution in [3.8, 4) is 11.1 Å². The molecule has 1 aromatic heterocycles. The van der Waals surface area contributed by atoms with Crippen molar-refractivity contribution >= 4 is 15.8 Å². The van der Waals surface area contributed by atoms with Gasteiger partial charge in [-0.25, -0.2) is 27.2 Å². The number of halogens is 2. The van der Waals surface area contributed by atoms with E-state index in [1.807, 2.05) is 0 Å². The number of rotatable bonds is 7. The van der Waals surface area contributed by atoms with Crippen molar-refractivity contribution in [3.63, 3.8) is 0 Å². The van der Waals surface area contributed by atoms with Gasteiger partial charge in [0.2, 0.25) is 10.0 Å². The lowest BCUT2D eigenvalue weighted by atomic mass is 9.81. The molecule has 6 rings (SSSR count). The first-order valence-corrected chi connectivity index (χ1v) is 12.6. The summed E-state index contributed by atoms with van der Waals surface area (Å²) in [7, 11) is -3.94. The molecule has 0 radical (unpaired) electrons. The molecular weight excluding hydrogens is 460 g/mol. The zero-order valence-electron chi connectivity index (χ0n) is 18.5. The molecule has 6 nitrogen and oxygen atoms in total. The second-order valence-electron chi connectivity index (χ2n) is 8.91. The van der Waals surface area contributed by atoms with Crippen molar-refractivity contribution in [2.75, 3.05) is 0 Å². The van der Waals surface area contributed by atoms with Crippen LogP contribution in [0.15, 0.2) is 59.8 Å². The number of ketones is 1. The smallest absolute Gasteiger partial charge is 0.243 e. The van der Waals surface area contributed by atoms with Gasteiger partial charge in [0, 0.05) is 30.4 Å². The standard InChI is InChI=1S/C25H23F2N3O3S/c1-15-28-13-19(14-29-15)16-2-8-23(27)17(10-16)3-9-24(31)25-18-11-21(12-18)30(25)34(32,33)22-6-4-20(26)5-7-22/h2,4-8,10,13-14,18,21,25H,3,9,11-12H2,1H3/t18?,21?,25-/m0/s1. The minimum atomic E-state index is -3.94. The molecule has 2 aliphatic heterocycles. The van der Waals surface area contributed by atoms with Crippen LogP contribution in [0.2, 0.25) is 0 Å². The average Bonchev–Trinajstić information content (AvgIpc) is 3.37. The molecule has 1 saturated carbocycles. The quantitative estimate of drug-likeness (QED) is 0.506. The lowest BCUT2D eigenvalue weighted by Gasteiger charge is -2.25. The molecule has 2 bridgehead atoms. The Hall–Kier alpha value is -3.04. The largest absolute Gasteiger partial charge is 0.298 e. The van der Waals surface area contributed by atoms with E-state index in [0.717, 1.165) is 23.3 Å². The summed E-state index contributed by atoms with van der Waals surface area (Å²) in [5, 5.41) is 0. The lowest BCUT2D eigenvalue weighted by molar-refractivity contribution is -0.122. The van der Waals surface area contributed by atoms with Gasteiger partial charge in [0.25, 0.3) is 0 Å². The number of hydrogen-bond acceptors (Lipinski definition) is 5. The van der Waals surface area contributed by atoms with Crippen LogP contribution in [0.4, 0.5) is 8.78 Å². The number of hydrogen-bond donors (Lipinski definition) is 0. The number of carbonyl (C=O) groups is 1. The summed E-state index contributed by atoms with van der Waals surface area (Å²) in [6.07, 6.45) is 4.77. The minimum absolute atomic E-state index is 0.0219. The van der Waals surface area contributed by atoms with Crippen molar-refractivity contribution in [3.05, 3.63) is 77.9 Å². The van der Waals surface area contributed by atoms with E-state index in [2.05, 4.69) is 9.97 Å². The average molecular weight is 484 g/mol. The van der Waals surface area contributed by atoms with Crippen molar-refractivity contribution in [2.45, 2.75) is 49.6 Å². The topological polar surface area (TPSA) is 80.2 Å². The van der Waals surface area contributed by atoms with Gasteiger partial charge in [-0.3, -0.25) is 4.79 Å². The maximum Gasteiger partial charge on any atom is 0.243 e. The van der Waals surface area contributed by atoms with Gasteiger partial charge in [-0.1, -0.05) is 6.07 Å². The Morgan fingerprint density at radius 2 is 1.71 bits per heavy atom. The van der Waals surface area contributed by atoms with Gasteiger partial charge in [-0.05, 0) is 79.6 Å². The molecule has 0 unspecified atom stereocenters. The molecule has 2 aromatic carbocycles. The van der Waals surface area contributed by atoms with Gasteiger partial charge >= 0.3 is 0 Å². The normalized spacial score (nSPS) is 21.9. The van der Waals surface area contributed by atoms with Crippen LogP contribution in [0.3, 0.4) is 0 Å². The van der Waals surface area contributed by atoms with Gasteiger partial charge in [-0.2, -0.15) is 4.31 Å². The second kappa shape index (κ2) is 8.63. The zero-order valence-corrected chi connectivity index (χ0v) is 19.3. The molecule has 0 N–H and O–H groups in total. The fraction of sp³-hybridized carbons (Fsp3) is 0.320. The van der Waals surface area contributed by atoms with Crippen molar-refractivity contribution < 1.29 is 22.0 Å². The van der Waals surface area contributed by atoms with Crippen LogP contribution in [-0.4, -0.2) is 40.6 Å². The summed E-state index contributed by atoms with van der Waals surface area (Å²) in [4.78, 5) is 21.5.